The van der Waals surface area contributed by atoms with E-state index in [-0.39, 0.29) is 0 Å². The minimum absolute atomic E-state index is 0.533. The summed E-state index contributed by atoms with van der Waals surface area (Å²) in [4.78, 5) is 0. The fraction of sp³-hybridized carbons (Fsp3) is 0.368. The number of hydrogen-bond donors (Lipinski definition) is 1. The molecule has 0 spiro atoms. The van der Waals surface area contributed by atoms with Crippen LogP contribution in [-0.2, 0) is 6.54 Å². The van der Waals surface area contributed by atoms with Crippen LogP contribution >= 0.6 is 0 Å². The van der Waals surface area contributed by atoms with Crippen molar-refractivity contribution in [2.24, 2.45) is 5.92 Å². The van der Waals surface area contributed by atoms with Gasteiger partial charge in [0.15, 0.2) is 0 Å². The molecule has 0 bridgehead atoms. The molecular weight excluding hydrogens is 274 g/mol. The predicted octanol–water partition coefficient (Wildman–Crippen LogP) is 4.73. The van der Waals surface area contributed by atoms with Crippen molar-refractivity contribution >= 4 is 5.69 Å². The van der Waals surface area contributed by atoms with Crippen LogP contribution in [0.15, 0.2) is 48.5 Å². The van der Waals surface area contributed by atoms with Crippen molar-refractivity contribution in [3.05, 3.63) is 54.1 Å². The highest BCUT2D eigenvalue weighted by Gasteiger charge is 2.00. The molecule has 2 aromatic carbocycles. The zero-order chi connectivity index (χ0) is 15.8. The van der Waals surface area contributed by atoms with Crippen molar-refractivity contribution in [2.45, 2.75) is 27.3 Å². The summed E-state index contributed by atoms with van der Waals surface area (Å²) in [5, 5.41) is 3.41. The Balaban J connectivity index is 1.89. The fourth-order valence-corrected chi connectivity index (χ4v) is 2.05. The average molecular weight is 299 g/mol. The van der Waals surface area contributed by atoms with Gasteiger partial charge in [-0.2, -0.15) is 0 Å². The lowest BCUT2D eigenvalue weighted by atomic mass is 10.2. The molecule has 2 rings (SSSR count). The third-order valence-corrected chi connectivity index (χ3v) is 3.14. The summed E-state index contributed by atoms with van der Waals surface area (Å²) < 4.78 is 11.2. The van der Waals surface area contributed by atoms with Gasteiger partial charge in [0.1, 0.15) is 11.5 Å². The van der Waals surface area contributed by atoms with Crippen molar-refractivity contribution in [1.29, 1.82) is 0 Å². The molecule has 22 heavy (non-hydrogen) atoms. The SMILES string of the molecule is CCOc1ccc(NCc2cccc(OCC(C)C)c2)cc1. The molecule has 0 saturated carbocycles. The zero-order valence-electron chi connectivity index (χ0n) is 13.6. The van der Waals surface area contributed by atoms with Gasteiger partial charge in [-0.25, -0.2) is 0 Å². The summed E-state index contributed by atoms with van der Waals surface area (Å²) in [6.07, 6.45) is 0. The third kappa shape index (κ3) is 5.32. The fourth-order valence-electron chi connectivity index (χ4n) is 2.05. The van der Waals surface area contributed by atoms with Gasteiger partial charge in [-0.3, -0.25) is 0 Å². The number of ether oxygens (including phenoxy) is 2. The Morgan fingerprint density at radius 1 is 0.955 bits per heavy atom. The molecular formula is C19H25NO2. The maximum atomic E-state index is 5.76. The maximum Gasteiger partial charge on any atom is 0.119 e. The van der Waals surface area contributed by atoms with E-state index >= 15 is 0 Å². The number of nitrogens with one attached hydrogen (secondary N) is 1. The molecule has 0 unspecified atom stereocenters. The minimum Gasteiger partial charge on any atom is -0.494 e. The van der Waals surface area contributed by atoms with Crippen LogP contribution in [0.2, 0.25) is 0 Å². The summed E-state index contributed by atoms with van der Waals surface area (Å²) in [6.45, 7) is 8.49. The lowest BCUT2D eigenvalue weighted by Gasteiger charge is -2.11. The molecule has 2 aromatic rings. The van der Waals surface area contributed by atoms with Crippen LogP contribution in [0.4, 0.5) is 5.69 Å². The number of benzene rings is 2. The molecule has 0 aliphatic carbocycles. The van der Waals surface area contributed by atoms with Crippen molar-refractivity contribution in [3.8, 4) is 11.5 Å². The predicted molar refractivity (Wildman–Crippen MR) is 91.7 cm³/mol. The van der Waals surface area contributed by atoms with E-state index in [4.69, 9.17) is 9.47 Å². The Hall–Kier alpha value is -2.16. The van der Waals surface area contributed by atoms with Gasteiger partial charge in [0.2, 0.25) is 0 Å². The van der Waals surface area contributed by atoms with Gasteiger partial charge >= 0.3 is 0 Å². The van der Waals surface area contributed by atoms with E-state index in [1.54, 1.807) is 0 Å². The van der Waals surface area contributed by atoms with Crippen molar-refractivity contribution in [3.63, 3.8) is 0 Å². The molecule has 0 saturated heterocycles. The van der Waals surface area contributed by atoms with Crippen LogP contribution in [0.3, 0.4) is 0 Å². The second kappa shape index (κ2) is 8.32. The van der Waals surface area contributed by atoms with Crippen LogP contribution in [0.5, 0.6) is 11.5 Å². The third-order valence-electron chi connectivity index (χ3n) is 3.14. The standard InChI is InChI=1S/C19H25NO2/c1-4-21-18-10-8-17(9-11-18)20-13-16-6-5-7-19(12-16)22-14-15(2)3/h5-12,15,20H,4,13-14H2,1-3H3. The molecule has 0 aromatic heterocycles. The lowest BCUT2D eigenvalue weighted by Crippen LogP contribution is -2.05. The number of anilines is 1. The van der Waals surface area contributed by atoms with E-state index in [1.165, 1.54) is 5.56 Å². The van der Waals surface area contributed by atoms with Gasteiger partial charge in [-0.15, -0.1) is 0 Å². The second-order valence-corrected chi connectivity index (χ2v) is 5.66. The monoisotopic (exact) mass is 299 g/mol. The minimum atomic E-state index is 0.533. The first-order chi connectivity index (χ1) is 10.7. The molecule has 0 heterocycles. The molecule has 0 atom stereocenters. The molecule has 1 N–H and O–H groups in total. The van der Waals surface area contributed by atoms with Gasteiger partial charge in [0.05, 0.1) is 13.2 Å². The zero-order valence-corrected chi connectivity index (χ0v) is 13.6. The first-order valence-electron chi connectivity index (χ1n) is 7.86. The van der Waals surface area contributed by atoms with E-state index in [1.807, 2.05) is 43.3 Å². The Morgan fingerprint density at radius 3 is 2.41 bits per heavy atom. The van der Waals surface area contributed by atoms with Crippen LogP contribution in [0.1, 0.15) is 26.3 Å². The first kappa shape index (κ1) is 16.2. The largest absolute Gasteiger partial charge is 0.494 e. The van der Waals surface area contributed by atoms with Gasteiger partial charge in [-0.05, 0) is 54.8 Å². The van der Waals surface area contributed by atoms with Gasteiger partial charge < -0.3 is 14.8 Å². The van der Waals surface area contributed by atoms with E-state index in [0.29, 0.717) is 12.5 Å². The van der Waals surface area contributed by atoms with Crippen molar-refractivity contribution in [2.75, 3.05) is 18.5 Å². The number of hydrogen-bond acceptors (Lipinski definition) is 3. The molecule has 0 fully saturated rings. The summed E-state index contributed by atoms with van der Waals surface area (Å²) in [6, 6.07) is 16.2. The Labute approximate surface area is 133 Å². The quantitative estimate of drug-likeness (QED) is 0.764. The van der Waals surface area contributed by atoms with E-state index < -0.39 is 0 Å². The van der Waals surface area contributed by atoms with Crippen LogP contribution in [0, 0.1) is 5.92 Å². The Kier molecular flexibility index (Phi) is 6.13. The first-order valence-corrected chi connectivity index (χ1v) is 7.86. The molecule has 118 valence electrons. The lowest BCUT2D eigenvalue weighted by molar-refractivity contribution is 0.271. The molecule has 0 aliphatic heterocycles. The van der Waals surface area contributed by atoms with Gasteiger partial charge in [0.25, 0.3) is 0 Å². The van der Waals surface area contributed by atoms with Crippen molar-refractivity contribution in [1.82, 2.24) is 0 Å². The average Bonchev–Trinajstić information content (AvgIpc) is 2.53. The molecule has 3 heteroatoms. The summed E-state index contributed by atoms with van der Waals surface area (Å²) in [5.74, 6) is 2.36. The van der Waals surface area contributed by atoms with Crippen LogP contribution in [-0.4, -0.2) is 13.2 Å². The Morgan fingerprint density at radius 2 is 1.73 bits per heavy atom. The summed E-state index contributed by atoms with van der Waals surface area (Å²) in [7, 11) is 0. The van der Waals surface area contributed by atoms with Crippen LogP contribution < -0.4 is 14.8 Å². The maximum absolute atomic E-state index is 5.76. The van der Waals surface area contributed by atoms with Gasteiger partial charge in [0, 0.05) is 12.2 Å². The van der Waals surface area contributed by atoms with E-state index in [2.05, 4.69) is 31.3 Å². The van der Waals surface area contributed by atoms with Crippen LogP contribution in [0.25, 0.3) is 0 Å². The smallest absolute Gasteiger partial charge is 0.119 e. The molecule has 0 aliphatic rings. The second-order valence-electron chi connectivity index (χ2n) is 5.66. The summed E-state index contributed by atoms with van der Waals surface area (Å²) in [5.41, 5.74) is 2.28. The van der Waals surface area contributed by atoms with Crippen molar-refractivity contribution < 1.29 is 9.47 Å². The highest BCUT2D eigenvalue weighted by Crippen LogP contribution is 2.18. The molecule has 3 nitrogen and oxygen atoms in total. The summed E-state index contributed by atoms with van der Waals surface area (Å²) >= 11 is 0. The van der Waals surface area contributed by atoms with E-state index in [0.717, 1.165) is 30.3 Å². The molecule has 0 radical (unpaired) electrons. The number of rotatable bonds is 8. The highest BCUT2D eigenvalue weighted by molar-refractivity contribution is 5.47. The topological polar surface area (TPSA) is 30.5 Å². The van der Waals surface area contributed by atoms with E-state index in [9.17, 15) is 0 Å². The normalized spacial score (nSPS) is 10.5. The molecule has 0 amide bonds. The highest BCUT2D eigenvalue weighted by atomic mass is 16.5. The Bertz CT molecular complexity index is 564. The van der Waals surface area contributed by atoms with Gasteiger partial charge in [-0.1, -0.05) is 26.0 Å².